The molecule has 2 nitrogen and oxygen atoms in total. The van der Waals surface area contributed by atoms with Gasteiger partial charge in [-0.1, -0.05) is 6.07 Å². The molecule has 1 fully saturated rings. The van der Waals surface area contributed by atoms with Crippen LogP contribution in [0.15, 0.2) is 18.2 Å². The minimum atomic E-state index is -0.342. The Labute approximate surface area is 97.3 Å². The van der Waals surface area contributed by atoms with Gasteiger partial charge >= 0.3 is 0 Å². The number of rotatable bonds is 5. The maximum absolute atomic E-state index is 9.80. The second-order valence-corrected chi connectivity index (χ2v) is 4.75. The summed E-state index contributed by atoms with van der Waals surface area (Å²) in [6.45, 7) is 4.80. The largest absolute Gasteiger partial charge is 0.494 e. The summed E-state index contributed by atoms with van der Waals surface area (Å²) < 4.78 is 5.45. The lowest BCUT2D eigenvalue weighted by Crippen LogP contribution is -2.08. The Morgan fingerprint density at radius 1 is 1.38 bits per heavy atom. The minimum absolute atomic E-state index is 0.342. The maximum atomic E-state index is 9.80. The van der Waals surface area contributed by atoms with Gasteiger partial charge in [-0.2, -0.15) is 0 Å². The normalized spacial score (nSPS) is 17.2. The average molecular weight is 220 g/mol. The highest BCUT2D eigenvalue weighted by Gasteiger charge is 2.39. The van der Waals surface area contributed by atoms with Crippen LogP contribution in [0.1, 0.15) is 37.3 Å². The predicted octanol–water partition coefficient (Wildman–Crippen LogP) is 2.85. The van der Waals surface area contributed by atoms with Crippen molar-refractivity contribution < 1.29 is 9.84 Å². The van der Waals surface area contributed by atoms with E-state index in [-0.39, 0.29) is 5.60 Å². The molecule has 0 aliphatic heterocycles. The zero-order valence-electron chi connectivity index (χ0n) is 10.1. The van der Waals surface area contributed by atoms with Crippen LogP contribution in [0.25, 0.3) is 0 Å². The van der Waals surface area contributed by atoms with Crippen LogP contribution in [0.2, 0.25) is 0 Å². The molecule has 1 saturated carbocycles. The molecule has 0 heterocycles. The summed E-state index contributed by atoms with van der Waals surface area (Å²) in [6.07, 6.45) is 3.81. The van der Waals surface area contributed by atoms with Crippen LogP contribution in [-0.4, -0.2) is 17.3 Å². The molecule has 0 saturated heterocycles. The van der Waals surface area contributed by atoms with E-state index in [1.165, 1.54) is 11.1 Å². The van der Waals surface area contributed by atoms with Gasteiger partial charge in [-0.3, -0.25) is 0 Å². The van der Waals surface area contributed by atoms with E-state index in [2.05, 4.69) is 19.1 Å². The lowest BCUT2D eigenvalue weighted by Gasteiger charge is -2.11. The summed E-state index contributed by atoms with van der Waals surface area (Å²) >= 11 is 0. The van der Waals surface area contributed by atoms with Crippen LogP contribution in [0.5, 0.6) is 5.75 Å². The van der Waals surface area contributed by atoms with Crippen molar-refractivity contribution in [3.05, 3.63) is 29.3 Å². The van der Waals surface area contributed by atoms with Crippen molar-refractivity contribution in [1.82, 2.24) is 0 Å². The highest BCUT2D eigenvalue weighted by atomic mass is 16.5. The number of aryl methyl sites for hydroxylation is 2. The molecule has 1 aromatic carbocycles. The van der Waals surface area contributed by atoms with E-state index in [1.54, 1.807) is 0 Å². The summed E-state index contributed by atoms with van der Waals surface area (Å²) in [4.78, 5) is 0. The molecule has 0 bridgehead atoms. The molecule has 1 aliphatic rings. The fraction of sp³-hybridized carbons (Fsp3) is 0.571. The Bertz CT molecular complexity index is 367. The van der Waals surface area contributed by atoms with E-state index in [0.29, 0.717) is 6.61 Å². The SMILES string of the molecule is CCOc1ccc(CCC2(O)CC2)c(C)c1. The zero-order valence-corrected chi connectivity index (χ0v) is 10.1. The van der Waals surface area contributed by atoms with Gasteiger partial charge in [-0.25, -0.2) is 0 Å². The zero-order chi connectivity index (χ0) is 11.6. The molecule has 16 heavy (non-hydrogen) atoms. The van der Waals surface area contributed by atoms with Gasteiger partial charge in [0.25, 0.3) is 0 Å². The fourth-order valence-corrected chi connectivity index (χ4v) is 1.97. The average Bonchev–Trinajstić information content (AvgIpc) is 2.96. The molecule has 1 aromatic rings. The molecule has 1 N–H and O–H groups in total. The monoisotopic (exact) mass is 220 g/mol. The smallest absolute Gasteiger partial charge is 0.119 e. The Morgan fingerprint density at radius 2 is 2.12 bits per heavy atom. The van der Waals surface area contributed by atoms with Gasteiger partial charge in [0.05, 0.1) is 12.2 Å². The first-order valence-electron chi connectivity index (χ1n) is 6.08. The molecule has 0 radical (unpaired) electrons. The highest BCUT2D eigenvalue weighted by molar-refractivity contribution is 5.35. The van der Waals surface area contributed by atoms with Crippen molar-refractivity contribution in [3.8, 4) is 5.75 Å². The number of hydrogen-bond acceptors (Lipinski definition) is 2. The third kappa shape index (κ3) is 2.76. The molecule has 88 valence electrons. The third-order valence-corrected chi connectivity index (χ3v) is 3.31. The van der Waals surface area contributed by atoms with Crippen molar-refractivity contribution >= 4 is 0 Å². The van der Waals surface area contributed by atoms with Gasteiger partial charge < -0.3 is 9.84 Å². The second kappa shape index (κ2) is 4.46. The van der Waals surface area contributed by atoms with E-state index in [0.717, 1.165) is 31.4 Å². The molecule has 2 heteroatoms. The topological polar surface area (TPSA) is 29.5 Å². The van der Waals surface area contributed by atoms with E-state index in [1.807, 2.05) is 13.0 Å². The van der Waals surface area contributed by atoms with E-state index < -0.39 is 0 Å². The first-order chi connectivity index (χ1) is 7.63. The second-order valence-electron chi connectivity index (χ2n) is 4.75. The Kier molecular flexibility index (Phi) is 3.20. The molecule has 0 aromatic heterocycles. The van der Waals surface area contributed by atoms with Crippen molar-refractivity contribution in [2.75, 3.05) is 6.61 Å². The Hall–Kier alpha value is -1.02. The molecule has 0 spiro atoms. The first-order valence-corrected chi connectivity index (χ1v) is 6.08. The van der Waals surface area contributed by atoms with Crippen LogP contribution in [0.3, 0.4) is 0 Å². The van der Waals surface area contributed by atoms with Crippen molar-refractivity contribution in [1.29, 1.82) is 0 Å². The van der Waals surface area contributed by atoms with Crippen LogP contribution in [-0.2, 0) is 6.42 Å². The molecular weight excluding hydrogens is 200 g/mol. The first kappa shape index (κ1) is 11.5. The van der Waals surface area contributed by atoms with Gasteiger partial charge in [0.2, 0.25) is 0 Å². The summed E-state index contributed by atoms with van der Waals surface area (Å²) in [5.41, 5.74) is 2.24. The van der Waals surface area contributed by atoms with Crippen LogP contribution < -0.4 is 4.74 Å². The van der Waals surface area contributed by atoms with E-state index in [4.69, 9.17) is 4.74 Å². The lowest BCUT2D eigenvalue weighted by atomic mass is 10.0. The van der Waals surface area contributed by atoms with E-state index >= 15 is 0 Å². The van der Waals surface area contributed by atoms with Crippen molar-refractivity contribution in [2.45, 2.75) is 45.1 Å². The molecule has 0 unspecified atom stereocenters. The molecule has 1 aliphatic carbocycles. The van der Waals surface area contributed by atoms with Gasteiger partial charge in [-0.15, -0.1) is 0 Å². The van der Waals surface area contributed by atoms with Crippen LogP contribution in [0.4, 0.5) is 0 Å². The highest BCUT2D eigenvalue weighted by Crippen LogP contribution is 2.39. The van der Waals surface area contributed by atoms with Gasteiger partial charge in [0.1, 0.15) is 5.75 Å². The number of ether oxygens (including phenoxy) is 1. The van der Waals surface area contributed by atoms with Crippen molar-refractivity contribution in [2.24, 2.45) is 0 Å². The molecule has 0 amide bonds. The third-order valence-electron chi connectivity index (χ3n) is 3.31. The predicted molar refractivity (Wildman–Crippen MR) is 64.9 cm³/mol. The molecular formula is C14H20O2. The summed E-state index contributed by atoms with van der Waals surface area (Å²) in [6, 6.07) is 6.21. The standard InChI is InChI=1S/C14H20O2/c1-3-16-13-5-4-12(11(2)10-13)6-7-14(15)8-9-14/h4-5,10,15H,3,6-9H2,1-2H3. The number of benzene rings is 1. The minimum Gasteiger partial charge on any atom is -0.494 e. The fourth-order valence-electron chi connectivity index (χ4n) is 1.97. The Morgan fingerprint density at radius 3 is 2.69 bits per heavy atom. The Balaban J connectivity index is 1.98. The quantitative estimate of drug-likeness (QED) is 0.826. The van der Waals surface area contributed by atoms with Gasteiger partial charge in [-0.05, 0) is 62.8 Å². The van der Waals surface area contributed by atoms with Gasteiger partial charge in [0, 0.05) is 0 Å². The van der Waals surface area contributed by atoms with Crippen LogP contribution >= 0.6 is 0 Å². The summed E-state index contributed by atoms with van der Waals surface area (Å²) in [5.74, 6) is 0.939. The van der Waals surface area contributed by atoms with E-state index in [9.17, 15) is 5.11 Å². The summed E-state index contributed by atoms with van der Waals surface area (Å²) in [5, 5.41) is 9.80. The van der Waals surface area contributed by atoms with Gasteiger partial charge in [0.15, 0.2) is 0 Å². The maximum Gasteiger partial charge on any atom is 0.119 e. The molecule has 0 atom stereocenters. The lowest BCUT2D eigenvalue weighted by molar-refractivity contribution is 0.140. The van der Waals surface area contributed by atoms with Crippen LogP contribution in [0, 0.1) is 6.92 Å². The van der Waals surface area contributed by atoms with Crippen molar-refractivity contribution in [3.63, 3.8) is 0 Å². The molecule has 2 rings (SSSR count). The summed E-state index contributed by atoms with van der Waals surface area (Å²) in [7, 11) is 0. The number of hydrogen-bond donors (Lipinski definition) is 1. The number of aliphatic hydroxyl groups is 1.